The van der Waals surface area contributed by atoms with Crippen LogP contribution in [0.1, 0.15) is 26.3 Å². The summed E-state index contributed by atoms with van der Waals surface area (Å²) in [5.41, 5.74) is -0.785. The third-order valence-corrected chi connectivity index (χ3v) is 2.02. The number of hydrogen-bond acceptors (Lipinski definition) is 3. The van der Waals surface area contributed by atoms with Crippen molar-refractivity contribution in [3.8, 4) is 0 Å². The summed E-state index contributed by atoms with van der Waals surface area (Å²) in [7, 11) is 1.04. The number of ether oxygens (including phenoxy) is 1. The van der Waals surface area contributed by atoms with Crippen LogP contribution in [0.4, 0.5) is 8.78 Å². The summed E-state index contributed by atoms with van der Waals surface area (Å²) < 4.78 is 30.7. The molecule has 15 heavy (non-hydrogen) atoms. The number of methoxy groups -OCH3 is 1. The Kier molecular flexibility index (Phi) is 3.14. The van der Waals surface area contributed by atoms with Gasteiger partial charge >= 0.3 is 5.97 Å². The van der Waals surface area contributed by atoms with Gasteiger partial charge in [0.05, 0.1) is 12.7 Å². The number of aldehydes is 1. The van der Waals surface area contributed by atoms with Gasteiger partial charge in [0.1, 0.15) is 6.29 Å². The molecule has 0 atom stereocenters. The lowest BCUT2D eigenvalue weighted by Gasteiger charge is -2.06. The van der Waals surface area contributed by atoms with Gasteiger partial charge in [0.15, 0.2) is 11.6 Å². The van der Waals surface area contributed by atoms with Crippen molar-refractivity contribution in [2.75, 3.05) is 7.11 Å². The maximum absolute atomic E-state index is 13.2. The smallest absolute Gasteiger partial charge is 0.340 e. The number of hydrogen-bond donors (Lipinski definition) is 0. The van der Waals surface area contributed by atoms with Crippen LogP contribution in [0, 0.1) is 18.6 Å². The van der Waals surface area contributed by atoms with Crippen LogP contribution in [0.25, 0.3) is 0 Å². The molecule has 0 aliphatic heterocycles. The average Bonchev–Trinajstić information content (AvgIpc) is 2.25. The van der Waals surface area contributed by atoms with Crippen molar-refractivity contribution in [2.24, 2.45) is 0 Å². The Hall–Kier alpha value is -1.78. The average molecular weight is 214 g/mol. The van der Waals surface area contributed by atoms with Crippen LogP contribution in [0.15, 0.2) is 6.07 Å². The molecule has 0 aromatic heterocycles. The van der Waals surface area contributed by atoms with Crippen LogP contribution >= 0.6 is 0 Å². The highest BCUT2D eigenvalue weighted by Gasteiger charge is 2.20. The molecule has 0 N–H and O–H groups in total. The highest BCUT2D eigenvalue weighted by Crippen LogP contribution is 2.19. The molecule has 0 unspecified atom stereocenters. The first kappa shape index (κ1) is 11.3. The van der Waals surface area contributed by atoms with Crippen molar-refractivity contribution in [2.45, 2.75) is 6.92 Å². The number of carbonyl (C=O) groups excluding carboxylic acids is 2. The predicted molar refractivity (Wildman–Crippen MR) is 47.8 cm³/mol. The number of esters is 1. The first-order valence-electron chi connectivity index (χ1n) is 4.05. The molecular weight excluding hydrogens is 206 g/mol. The molecule has 1 aromatic rings. The molecule has 3 nitrogen and oxygen atoms in total. The molecular formula is C10H8F2O3. The molecule has 0 bridgehead atoms. The van der Waals surface area contributed by atoms with Crippen LogP contribution in [-0.4, -0.2) is 19.4 Å². The minimum absolute atomic E-state index is 0.0747. The Balaban J connectivity index is 3.48. The zero-order valence-electron chi connectivity index (χ0n) is 8.14. The Morgan fingerprint density at radius 3 is 2.47 bits per heavy atom. The first-order chi connectivity index (χ1) is 7.02. The van der Waals surface area contributed by atoms with E-state index in [1.54, 1.807) is 0 Å². The van der Waals surface area contributed by atoms with Crippen molar-refractivity contribution in [3.63, 3.8) is 0 Å². The predicted octanol–water partition coefficient (Wildman–Crippen LogP) is 1.87. The number of halogens is 2. The van der Waals surface area contributed by atoms with Crippen LogP contribution < -0.4 is 0 Å². The summed E-state index contributed by atoms with van der Waals surface area (Å²) in [4.78, 5) is 21.5. The van der Waals surface area contributed by atoms with E-state index in [1.807, 2.05) is 0 Å². The number of benzene rings is 1. The standard InChI is InChI=1S/C10H8F2O3/c1-5-6(4-13)3-7(10(14)15-2)9(12)8(5)11/h3-4H,1-2H3. The van der Waals surface area contributed by atoms with E-state index >= 15 is 0 Å². The summed E-state index contributed by atoms with van der Waals surface area (Å²) in [5.74, 6) is -3.53. The highest BCUT2D eigenvalue weighted by atomic mass is 19.2. The Bertz CT molecular complexity index is 427. The topological polar surface area (TPSA) is 43.4 Å². The largest absolute Gasteiger partial charge is 0.465 e. The van der Waals surface area contributed by atoms with E-state index in [4.69, 9.17) is 0 Å². The fraction of sp³-hybridized carbons (Fsp3) is 0.200. The van der Waals surface area contributed by atoms with E-state index in [1.165, 1.54) is 6.92 Å². The molecule has 0 radical (unpaired) electrons. The highest BCUT2D eigenvalue weighted by molar-refractivity contribution is 5.92. The summed E-state index contributed by atoms with van der Waals surface area (Å²) in [6.45, 7) is 1.25. The van der Waals surface area contributed by atoms with Crippen molar-refractivity contribution in [1.82, 2.24) is 0 Å². The molecule has 0 amide bonds. The molecule has 0 aliphatic carbocycles. The van der Waals surface area contributed by atoms with Crippen LogP contribution in [0.3, 0.4) is 0 Å². The van der Waals surface area contributed by atoms with Gasteiger partial charge in [-0.1, -0.05) is 0 Å². The first-order valence-corrected chi connectivity index (χ1v) is 4.05. The second kappa shape index (κ2) is 4.16. The lowest BCUT2D eigenvalue weighted by Crippen LogP contribution is -2.09. The normalized spacial score (nSPS) is 9.87. The van der Waals surface area contributed by atoms with Gasteiger partial charge in [0, 0.05) is 5.56 Å². The van der Waals surface area contributed by atoms with E-state index in [9.17, 15) is 18.4 Å². The van der Waals surface area contributed by atoms with Crippen LogP contribution in [0.2, 0.25) is 0 Å². The van der Waals surface area contributed by atoms with Gasteiger partial charge in [0.25, 0.3) is 0 Å². The zero-order valence-corrected chi connectivity index (χ0v) is 8.14. The maximum atomic E-state index is 13.2. The van der Waals surface area contributed by atoms with E-state index in [0.29, 0.717) is 6.29 Å². The zero-order chi connectivity index (χ0) is 11.6. The van der Waals surface area contributed by atoms with Crippen molar-refractivity contribution < 1.29 is 23.1 Å². The van der Waals surface area contributed by atoms with Gasteiger partial charge in [-0.2, -0.15) is 0 Å². The minimum atomic E-state index is -1.30. The minimum Gasteiger partial charge on any atom is -0.465 e. The molecule has 0 fully saturated rings. The lowest BCUT2D eigenvalue weighted by molar-refractivity contribution is 0.0594. The molecule has 0 spiro atoms. The SMILES string of the molecule is COC(=O)c1cc(C=O)c(C)c(F)c1F. The van der Waals surface area contributed by atoms with E-state index in [-0.39, 0.29) is 11.1 Å². The van der Waals surface area contributed by atoms with E-state index < -0.39 is 23.2 Å². The molecule has 0 saturated carbocycles. The lowest BCUT2D eigenvalue weighted by atomic mass is 10.0. The molecule has 80 valence electrons. The third kappa shape index (κ3) is 1.86. The Morgan fingerprint density at radius 2 is 2.00 bits per heavy atom. The fourth-order valence-electron chi connectivity index (χ4n) is 1.12. The molecule has 5 heteroatoms. The summed E-state index contributed by atoms with van der Waals surface area (Å²) in [5, 5.41) is 0. The van der Waals surface area contributed by atoms with Gasteiger partial charge in [-0.3, -0.25) is 4.79 Å². The van der Waals surface area contributed by atoms with Crippen molar-refractivity contribution in [3.05, 3.63) is 34.4 Å². The Labute approximate surface area is 84.7 Å². The summed E-state index contributed by atoms with van der Waals surface area (Å²) >= 11 is 0. The van der Waals surface area contributed by atoms with Gasteiger partial charge in [-0.25, -0.2) is 13.6 Å². The monoisotopic (exact) mass is 214 g/mol. The van der Waals surface area contributed by atoms with Crippen LogP contribution in [0.5, 0.6) is 0 Å². The van der Waals surface area contributed by atoms with Gasteiger partial charge in [-0.15, -0.1) is 0 Å². The van der Waals surface area contributed by atoms with Gasteiger partial charge in [-0.05, 0) is 18.6 Å². The Morgan fingerprint density at radius 1 is 1.40 bits per heavy atom. The number of rotatable bonds is 2. The molecule has 1 rings (SSSR count). The van der Waals surface area contributed by atoms with E-state index in [0.717, 1.165) is 13.2 Å². The molecule has 0 heterocycles. The van der Waals surface area contributed by atoms with Crippen molar-refractivity contribution in [1.29, 1.82) is 0 Å². The molecule has 0 aliphatic rings. The van der Waals surface area contributed by atoms with Crippen LogP contribution in [-0.2, 0) is 4.74 Å². The van der Waals surface area contributed by atoms with E-state index in [2.05, 4.69) is 4.74 Å². The summed E-state index contributed by atoms with van der Waals surface area (Å²) in [6.07, 6.45) is 0.351. The van der Waals surface area contributed by atoms with Gasteiger partial charge < -0.3 is 4.74 Å². The fourth-order valence-corrected chi connectivity index (χ4v) is 1.12. The number of carbonyl (C=O) groups is 2. The van der Waals surface area contributed by atoms with Gasteiger partial charge in [0.2, 0.25) is 0 Å². The molecule has 0 saturated heterocycles. The maximum Gasteiger partial charge on any atom is 0.340 e. The van der Waals surface area contributed by atoms with Crippen molar-refractivity contribution >= 4 is 12.3 Å². The molecule has 1 aromatic carbocycles. The second-order valence-electron chi connectivity index (χ2n) is 2.88. The second-order valence-corrected chi connectivity index (χ2v) is 2.88. The summed E-state index contributed by atoms with van der Waals surface area (Å²) in [6, 6.07) is 0.965. The quantitative estimate of drug-likeness (QED) is 0.557. The third-order valence-electron chi connectivity index (χ3n) is 2.02.